The fraction of sp³-hybridized carbons (Fsp3) is 0.217. The first-order chi connectivity index (χ1) is 18.9. The Morgan fingerprint density at radius 2 is 0.615 bits per heavy atom. The molecule has 0 fully saturated rings. The second kappa shape index (κ2) is 13.0. The molecule has 0 bridgehead atoms. The average Bonchev–Trinajstić information content (AvgIpc) is 2.97. The Labute approximate surface area is 228 Å². The van der Waals surface area contributed by atoms with Gasteiger partial charge in [-0.2, -0.15) is 0 Å². The highest BCUT2D eigenvalue weighted by atomic mass is 31.3. The lowest BCUT2D eigenvalue weighted by Gasteiger charge is -2.31. The number of para-hydroxylation sites is 3. The van der Waals surface area contributed by atoms with Crippen LogP contribution in [0.5, 0.6) is 17.2 Å². The number of nitrogens with zero attached hydrogens (tertiary/aromatic N) is 4. The SMILES string of the molecule is COP1(OC)=NP(OC)(OC)=NP(OC)(Oc2ccccc2)=NP(Oc2ccccc2)(Oc2ccccc2)=N1. The van der Waals surface area contributed by atoms with Gasteiger partial charge in [-0.05, 0) is 36.4 Å². The van der Waals surface area contributed by atoms with E-state index in [2.05, 4.69) is 0 Å². The molecule has 1 heterocycles. The molecular formula is C23H30N4O8P4. The molecule has 4 rings (SSSR count). The first kappa shape index (κ1) is 29.8. The van der Waals surface area contributed by atoms with Crippen molar-refractivity contribution in [3.63, 3.8) is 0 Å². The van der Waals surface area contributed by atoms with Gasteiger partial charge in [-0.1, -0.05) is 54.6 Å². The van der Waals surface area contributed by atoms with Crippen LogP contribution < -0.4 is 13.6 Å². The van der Waals surface area contributed by atoms with Crippen molar-refractivity contribution < 1.29 is 36.2 Å². The highest BCUT2D eigenvalue weighted by molar-refractivity contribution is 7.78. The molecule has 3 aromatic carbocycles. The van der Waals surface area contributed by atoms with E-state index in [0.717, 1.165) is 0 Å². The van der Waals surface area contributed by atoms with Crippen LogP contribution in [0, 0.1) is 0 Å². The molecule has 0 amide bonds. The van der Waals surface area contributed by atoms with E-state index in [4.69, 9.17) is 54.3 Å². The Hall–Kier alpha value is -2.22. The standard InChI is InChI=1S/C23H30N4O8P4/c1-28-36(29-2)24-37(30-3,31-4)26-39(34-22-17-11-7-12-18-22,35-23-19-13-8-14-20-23)27-38(25-36,32-5)33-21-15-9-6-10-16-21/h6-20H,1-5H3. The summed E-state index contributed by atoms with van der Waals surface area (Å²) in [5.41, 5.74) is 0. The van der Waals surface area contributed by atoms with Crippen molar-refractivity contribution in [2.24, 2.45) is 18.1 Å². The van der Waals surface area contributed by atoms with Gasteiger partial charge in [0.25, 0.3) is 0 Å². The van der Waals surface area contributed by atoms with Gasteiger partial charge in [0.2, 0.25) is 0 Å². The Morgan fingerprint density at radius 1 is 0.359 bits per heavy atom. The number of hydrogen-bond acceptors (Lipinski definition) is 12. The summed E-state index contributed by atoms with van der Waals surface area (Å²) >= 11 is 0. The molecule has 0 aromatic heterocycles. The molecule has 0 radical (unpaired) electrons. The minimum absolute atomic E-state index is 0.425. The van der Waals surface area contributed by atoms with Crippen LogP contribution in [0.25, 0.3) is 0 Å². The van der Waals surface area contributed by atoms with E-state index in [1.165, 1.54) is 35.5 Å². The topological polar surface area (TPSA) is 123 Å². The van der Waals surface area contributed by atoms with Crippen LogP contribution in [0.1, 0.15) is 0 Å². The van der Waals surface area contributed by atoms with Gasteiger partial charge in [0, 0.05) is 35.5 Å². The number of hydrogen-bond donors (Lipinski definition) is 0. The van der Waals surface area contributed by atoms with Crippen molar-refractivity contribution in [3.05, 3.63) is 91.0 Å². The van der Waals surface area contributed by atoms with Crippen molar-refractivity contribution >= 4 is 30.6 Å². The predicted octanol–water partition coefficient (Wildman–Crippen LogP) is 9.25. The molecule has 0 aliphatic carbocycles. The molecule has 12 nitrogen and oxygen atoms in total. The van der Waals surface area contributed by atoms with Crippen LogP contribution in [-0.2, 0) is 22.6 Å². The highest BCUT2D eigenvalue weighted by Crippen LogP contribution is 2.79. The summed E-state index contributed by atoms with van der Waals surface area (Å²) in [5, 5.41) is 0. The lowest BCUT2D eigenvalue weighted by atomic mass is 10.3. The van der Waals surface area contributed by atoms with Gasteiger partial charge in [-0.15, -0.1) is 18.1 Å². The Morgan fingerprint density at radius 3 is 0.949 bits per heavy atom. The number of rotatable bonds is 11. The van der Waals surface area contributed by atoms with Crippen LogP contribution in [0.15, 0.2) is 109 Å². The van der Waals surface area contributed by atoms with Crippen molar-refractivity contribution in [1.29, 1.82) is 0 Å². The predicted molar refractivity (Wildman–Crippen MR) is 154 cm³/mol. The van der Waals surface area contributed by atoms with Crippen molar-refractivity contribution in [2.75, 3.05) is 35.5 Å². The molecule has 16 heteroatoms. The van der Waals surface area contributed by atoms with E-state index in [9.17, 15) is 0 Å². The fourth-order valence-electron chi connectivity index (χ4n) is 3.18. The van der Waals surface area contributed by atoms with Crippen molar-refractivity contribution in [1.82, 2.24) is 0 Å². The van der Waals surface area contributed by atoms with Crippen LogP contribution in [0.2, 0.25) is 0 Å². The van der Waals surface area contributed by atoms with Gasteiger partial charge in [0.15, 0.2) is 0 Å². The minimum Gasteiger partial charge on any atom is -0.422 e. The Kier molecular flexibility index (Phi) is 9.89. The molecule has 1 aliphatic heterocycles. The lowest BCUT2D eigenvalue weighted by Crippen LogP contribution is -2.05. The Balaban J connectivity index is 2.12. The zero-order chi connectivity index (χ0) is 27.8. The molecule has 0 N–H and O–H groups in total. The third kappa shape index (κ3) is 7.11. The zero-order valence-electron chi connectivity index (χ0n) is 22.0. The van der Waals surface area contributed by atoms with Crippen molar-refractivity contribution in [3.8, 4) is 17.2 Å². The van der Waals surface area contributed by atoms with E-state index < -0.39 is 30.6 Å². The molecule has 0 spiro atoms. The molecule has 1 aliphatic rings. The second-order valence-electron chi connectivity index (χ2n) is 7.45. The molecule has 1 unspecified atom stereocenters. The van der Waals surface area contributed by atoms with Crippen molar-refractivity contribution in [2.45, 2.75) is 0 Å². The van der Waals surface area contributed by atoms with E-state index in [-0.39, 0.29) is 0 Å². The summed E-state index contributed by atoms with van der Waals surface area (Å²) in [6.45, 7) is 0. The largest absolute Gasteiger partial charge is 0.458 e. The zero-order valence-corrected chi connectivity index (χ0v) is 25.6. The molecule has 39 heavy (non-hydrogen) atoms. The quantitative estimate of drug-likeness (QED) is 0.196. The van der Waals surface area contributed by atoms with E-state index in [0.29, 0.717) is 17.2 Å². The molecule has 210 valence electrons. The maximum atomic E-state index is 6.47. The first-order valence-electron chi connectivity index (χ1n) is 11.4. The van der Waals surface area contributed by atoms with E-state index in [1.807, 2.05) is 54.6 Å². The Bertz CT molecular complexity index is 1410. The monoisotopic (exact) mass is 614 g/mol. The van der Waals surface area contributed by atoms with Gasteiger partial charge in [0.05, 0.1) is 0 Å². The normalized spacial score (nSPS) is 20.9. The number of benzene rings is 3. The van der Waals surface area contributed by atoms with Crippen LogP contribution in [0.3, 0.4) is 0 Å². The van der Waals surface area contributed by atoms with Crippen LogP contribution in [-0.4, -0.2) is 35.5 Å². The fourth-order valence-corrected chi connectivity index (χ4v) is 15.0. The smallest absolute Gasteiger partial charge is 0.422 e. The van der Waals surface area contributed by atoms with Gasteiger partial charge in [-0.25, -0.2) is 0 Å². The van der Waals surface area contributed by atoms with Crippen LogP contribution >= 0.6 is 30.6 Å². The van der Waals surface area contributed by atoms with Gasteiger partial charge >= 0.3 is 30.6 Å². The molecular weight excluding hydrogens is 584 g/mol. The van der Waals surface area contributed by atoms with Gasteiger partial charge < -0.3 is 36.2 Å². The molecule has 3 aromatic rings. The van der Waals surface area contributed by atoms with E-state index in [1.54, 1.807) is 36.4 Å². The third-order valence-electron chi connectivity index (χ3n) is 5.00. The molecule has 1 atom stereocenters. The summed E-state index contributed by atoms with van der Waals surface area (Å²) in [5.74, 6) is 1.28. The van der Waals surface area contributed by atoms with Crippen LogP contribution in [0.4, 0.5) is 0 Å². The average molecular weight is 614 g/mol. The summed E-state index contributed by atoms with van der Waals surface area (Å²) in [6, 6.07) is 26.9. The summed E-state index contributed by atoms with van der Waals surface area (Å²) in [7, 11) is -7.59. The highest BCUT2D eigenvalue weighted by Gasteiger charge is 2.44. The summed E-state index contributed by atoms with van der Waals surface area (Å²) < 4.78 is 67.6. The van der Waals surface area contributed by atoms with E-state index >= 15 is 0 Å². The maximum absolute atomic E-state index is 6.47. The maximum Gasteiger partial charge on any atom is 0.458 e. The molecule has 0 saturated heterocycles. The summed E-state index contributed by atoms with van der Waals surface area (Å²) in [4.78, 5) is 0. The lowest BCUT2D eigenvalue weighted by molar-refractivity contribution is 0.313. The first-order valence-corrected chi connectivity index (χ1v) is 17.6. The van der Waals surface area contributed by atoms with Gasteiger partial charge in [-0.3, -0.25) is 0 Å². The van der Waals surface area contributed by atoms with Gasteiger partial charge in [0.1, 0.15) is 17.2 Å². The minimum atomic E-state index is -3.84. The summed E-state index contributed by atoms with van der Waals surface area (Å²) in [6.07, 6.45) is 0. The second-order valence-corrected chi connectivity index (χ2v) is 16.6. The molecule has 0 saturated carbocycles. The third-order valence-corrected chi connectivity index (χ3v) is 16.0.